The predicted octanol–water partition coefficient (Wildman–Crippen LogP) is 13.4. The van der Waals surface area contributed by atoms with Crippen LogP contribution in [0.3, 0.4) is 0 Å². The van der Waals surface area contributed by atoms with Crippen molar-refractivity contribution in [2.75, 3.05) is 9.80 Å². The fourth-order valence-corrected chi connectivity index (χ4v) is 9.35. The number of aryl methyl sites for hydroxylation is 1. The van der Waals surface area contributed by atoms with E-state index < -0.39 is 0 Å². The van der Waals surface area contributed by atoms with Crippen LogP contribution in [-0.2, 0) is 17.3 Å². The molecule has 0 atom stereocenters. The summed E-state index contributed by atoms with van der Waals surface area (Å²) in [7, 11) is 0. The number of hydrogen-bond acceptors (Lipinski definition) is 2. The summed E-state index contributed by atoms with van der Waals surface area (Å²) in [5.74, 6) is 0. The zero-order valence-corrected chi connectivity index (χ0v) is 30.3. The fourth-order valence-electron chi connectivity index (χ4n) is 9.35. The maximum atomic E-state index is 2.55. The second-order valence-electron chi connectivity index (χ2n) is 15.7. The van der Waals surface area contributed by atoms with E-state index in [0.29, 0.717) is 0 Å². The summed E-state index contributed by atoms with van der Waals surface area (Å²) >= 11 is 0. The molecule has 2 heteroatoms. The van der Waals surface area contributed by atoms with E-state index in [9.17, 15) is 0 Å². The molecule has 7 aromatic rings. The van der Waals surface area contributed by atoms with Gasteiger partial charge in [-0.05, 0) is 111 Å². The zero-order valence-electron chi connectivity index (χ0n) is 30.3. The molecular formula is C50H42N2. The Hall–Kier alpha value is -5.86. The van der Waals surface area contributed by atoms with Crippen LogP contribution in [0.2, 0.25) is 0 Å². The predicted molar refractivity (Wildman–Crippen MR) is 220 cm³/mol. The number of hydrogen-bond donors (Lipinski definition) is 0. The van der Waals surface area contributed by atoms with Crippen LogP contribution in [0, 0.1) is 0 Å². The number of fused-ring (bicyclic) bond motifs is 6. The molecule has 0 spiro atoms. The molecule has 1 aliphatic carbocycles. The zero-order chi connectivity index (χ0) is 35.2. The summed E-state index contributed by atoms with van der Waals surface area (Å²) in [5, 5.41) is 2.55. The molecule has 0 saturated carbocycles. The summed E-state index contributed by atoms with van der Waals surface area (Å²) in [6, 6.07) is 56.5. The van der Waals surface area contributed by atoms with E-state index in [1.165, 1.54) is 89.4 Å². The summed E-state index contributed by atoms with van der Waals surface area (Å²) in [6.45, 7) is 9.58. The van der Waals surface area contributed by atoms with E-state index >= 15 is 0 Å². The minimum Gasteiger partial charge on any atom is -0.314 e. The highest BCUT2D eigenvalue weighted by Gasteiger charge is 2.45. The van der Waals surface area contributed by atoms with E-state index in [1.807, 2.05) is 0 Å². The number of nitrogens with zero attached hydrogens (tertiary/aromatic N) is 2. The molecule has 0 saturated heterocycles. The van der Waals surface area contributed by atoms with Gasteiger partial charge in [0.15, 0.2) is 0 Å². The van der Waals surface area contributed by atoms with Gasteiger partial charge in [-0.25, -0.2) is 0 Å². The Morgan fingerprint density at radius 3 is 2.00 bits per heavy atom. The van der Waals surface area contributed by atoms with E-state index in [2.05, 4.69) is 195 Å². The van der Waals surface area contributed by atoms with Crippen LogP contribution in [0.4, 0.5) is 28.4 Å². The lowest BCUT2D eigenvalue weighted by Gasteiger charge is -2.49. The van der Waals surface area contributed by atoms with Crippen LogP contribution in [0.15, 0.2) is 157 Å². The van der Waals surface area contributed by atoms with Gasteiger partial charge in [-0.1, -0.05) is 143 Å². The van der Waals surface area contributed by atoms with Gasteiger partial charge in [0.1, 0.15) is 0 Å². The SMILES string of the molecule is CC1(C)c2ccccc2N2c3ccc(N(C4=Cc5ccccc5CC4)c4ccc(-c5cccc6ccccc56)cc4)cc3C(C)(C)c3cccc1c32. The van der Waals surface area contributed by atoms with Crippen molar-refractivity contribution >= 4 is 45.3 Å². The van der Waals surface area contributed by atoms with E-state index in [1.54, 1.807) is 0 Å². The third kappa shape index (κ3) is 4.50. The second kappa shape index (κ2) is 11.3. The lowest BCUT2D eigenvalue weighted by molar-refractivity contribution is 0.597. The first kappa shape index (κ1) is 30.9. The Labute approximate surface area is 307 Å². The molecule has 0 fully saturated rings. The van der Waals surface area contributed by atoms with Gasteiger partial charge in [0.2, 0.25) is 0 Å². The Bertz CT molecular complexity index is 2580. The minimum atomic E-state index is -0.201. The number of rotatable bonds is 4. The maximum Gasteiger partial charge on any atom is 0.0543 e. The Kier molecular flexibility index (Phi) is 6.73. The minimum absolute atomic E-state index is 0.0926. The molecule has 0 unspecified atom stereocenters. The molecule has 252 valence electrons. The van der Waals surface area contributed by atoms with E-state index in [0.717, 1.165) is 12.8 Å². The topological polar surface area (TPSA) is 6.48 Å². The van der Waals surface area contributed by atoms with E-state index in [4.69, 9.17) is 0 Å². The van der Waals surface area contributed by atoms with Crippen LogP contribution in [0.1, 0.15) is 67.5 Å². The van der Waals surface area contributed by atoms with Crippen LogP contribution < -0.4 is 9.80 Å². The lowest BCUT2D eigenvalue weighted by atomic mass is 9.66. The van der Waals surface area contributed by atoms with Gasteiger partial charge in [-0.2, -0.15) is 0 Å². The van der Waals surface area contributed by atoms with Crippen LogP contribution in [0.5, 0.6) is 0 Å². The van der Waals surface area contributed by atoms with Gasteiger partial charge in [0.05, 0.1) is 17.1 Å². The third-order valence-electron chi connectivity index (χ3n) is 12.1. The summed E-state index contributed by atoms with van der Waals surface area (Å²) < 4.78 is 0. The first-order chi connectivity index (χ1) is 25.3. The quantitative estimate of drug-likeness (QED) is 0.184. The Morgan fingerprint density at radius 2 is 1.15 bits per heavy atom. The Balaban J connectivity index is 1.15. The standard InChI is InChI=1S/C50H42N2/c1-49(2)42-19-9-10-22-46(42)52-47-30-29-39(32-45(47)50(3,4)44-21-12-20-43(49)48(44)52)51(38-28-23-33-13-5-6-15-36(33)31-38)37-26-24-35(25-27-37)41-18-11-16-34-14-7-8-17-40(34)41/h5-22,24-27,29-32H,23,28H2,1-4H3. The highest BCUT2D eigenvalue weighted by molar-refractivity contribution is 5.97. The molecular weight excluding hydrogens is 629 g/mol. The van der Waals surface area contributed by atoms with Crippen molar-refractivity contribution in [1.29, 1.82) is 0 Å². The molecule has 0 aromatic heterocycles. The molecule has 10 rings (SSSR count). The van der Waals surface area contributed by atoms with Crippen molar-refractivity contribution in [2.45, 2.75) is 51.4 Å². The average molecular weight is 671 g/mol. The molecule has 0 bridgehead atoms. The molecule has 52 heavy (non-hydrogen) atoms. The van der Waals surface area contributed by atoms with Crippen molar-refractivity contribution in [3.63, 3.8) is 0 Å². The van der Waals surface area contributed by atoms with Crippen molar-refractivity contribution < 1.29 is 0 Å². The highest BCUT2D eigenvalue weighted by Crippen LogP contribution is 2.60. The van der Waals surface area contributed by atoms with Crippen molar-refractivity contribution in [1.82, 2.24) is 0 Å². The summed E-state index contributed by atoms with van der Waals surface area (Å²) in [6.07, 6.45) is 4.41. The number of anilines is 5. The van der Waals surface area contributed by atoms with Gasteiger partial charge in [0.25, 0.3) is 0 Å². The van der Waals surface area contributed by atoms with Gasteiger partial charge >= 0.3 is 0 Å². The van der Waals surface area contributed by atoms with Gasteiger partial charge in [-0.15, -0.1) is 0 Å². The summed E-state index contributed by atoms with van der Waals surface area (Å²) in [5.41, 5.74) is 18.0. The lowest BCUT2D eigenvalue weighted by Crippen LogP contribution is -2.38. The molecule has 0 amide bonds. The third-order valence-corrected chi connectivity index (χ3v) is 12.1. The van der Waals surface area contributed by atoms with Gasteiger partial charge in [-0.3, -0.25) is 0 Å². The molecule has 2 aliphatic heterocycles. The fraction of sp³-hybridized carbons (Fsp3) is 0.160. The van der Waals surface area contributed by atoms with Crippen LogP contribution >= 0.6 is 0 Å². The largest absolute Gasteiger partial charge is 0.314 e. The molecule has 7 aromatic carbocycles. The summed E-state index contributed by atoms with van der Waals surface area (Å²) in [4.78, 5) is 5.06. The first-order valence-corrected chi connectivity index (χ1v) is 18.7. The number of benzene rings is 7. The maximum absolute atomic E-state index is 2.55. The van der Waals surface area contributed by atoms with Crippen molar-refractivity contribution in [2.24, 2.45) is 0 Å². The smallest absolute Gasteiger partial charge is 0.0543 e. The molecule has 0 radical (unpaired) electrons. The van der Waals surface area contributed by atoms with Gasteiger partial charge < -0.3 is 9.80 Å². The molecule has 2 nitrogen and oxygen atoms in total. The normalized spacial score (nSPS) is 15.9. The molecule has 2 heterocycles. The van der Waals surface area contributed by atoms with Crippen molar-refractivity contribution in [3.05, 3.63) is 191 Å². The van der Waals surface area contributed by atoms with Crippen molar-refractivity contribution in [3.8, 4) is 11.1 Å². The average Bonchev–Trinajstić information content (AvgIpc) is 3.18. The molecule has 3 aliphatic rings. The molecule has 0 N–H and O–H groups in total. The van der Waals surface area contributed by atoms with Crippen LogP contribution in [0.25, 0.3) is 28.0 Å². The monoisotopic (exact) mass is 670 g/mol. The number of para-hydroxylation sites is 2. The van der Waals surface area contributed by atoms with E-state index in [-0.39, 0.29) is 10.8 Å². The Morgan fingerprint density at radius 1 is 0.519 bits per heavy atom. The highest BCUT2D eigenvalue weighted by atomic mass is 15.2. The van der Waals surface area contributed by atoms with Crippen LogP contribution in [-0.4, -0.2) is 0 Å². The van der Waals surface area contributed by atoms with Gasteiger partial charge in [0, 0.05) is 27.9 Å². The first-order valence-electron chi connectivity index (χ1n) is 18.7. The second-order valence-corrected chi connectivity index (χ2v) is 15.7. The number of allylic oxidation sites excluding steroid dienone is 1.